The van der Waals surface area contributed by atoms with Crippen molar-refractivity contribution < 1.29 is 23.5 Å². The van der Waals surface area contributed by atoms with Gasteiger partial charge in [0.25, 0.3) is 0 Å². The Labute approximate surface area is 175 Å². The minimum atomic E-state index is -2.31. The molecule has 1 aromatic rings. The summed E-state index contributed by atoms with van der Waals surface area (Å²) in [7, 11) is -2.31. The number of nitrogens with zero attached hydrogens (tertiary/aromatic N) is 1. The highest BCUT2D eigenvalue weighted by Crippen LogP contribution is 2.39. The fraction of sp³-hybridized carbons (Fsp3) is 0.545. The van der Waals surface area contributed by atoms with Crippen molar-refractivity contribution >= 4 is 26.3 Å². The second-order valence-electron chi connectivity index (χ2n) is 8.59. The fourth-order valence-corrected chi connectivity index (χ4v) is 3.75. The Kier molecular flexibility index (Phi) is 7.79. The van der Waals surface area contributed by atoms with Crippen LogP contribution in [0.4, 0.5) is 0 Å². The first-order chi connectivity index (χ1) is 13.6. The molecule has 160 valence electrons. The number of likely N-dealkylation sites (tertiary alicyclic amines) is 1. The lowest BCUT2D eigenvalue weighted by Crippen LogP contribution is -2.64. The Morgan fingerprint density at radius 3 is 2.48 bits per heavy atom. The second kappa shape index (κ2) is 9.69. The molecule has 6 nitrogen and oxygen atoms in total. The zero-order valence-corrected chi connectivity index (χ0v) is 19.3. The van der Waals surface area contributed by atoms with Crippen LogP contribution in [0.1, 0.15) is 39.7 Å². The van der Waals surface area contributed by atoms with Gasteiger partial charge in [-0.05, 0) is 30.6 Å². The Balaban J connectivity index is 2.06. The number of rotatable bonds is 9. The molecule has 0 aromatic heterocycles. The number of hydrogen-bond acceptors (Lipinski definition) is 5. The molecule has 0 aliphatic carbocycles. The molecule has 29 heavy (non-hydrogen) atoms. The highest BCUT2D eigenvalue weighted by Gasteiger charge is 2.50. The number of β-lactam (4-membered cyclic amide) rings is 1. The quantitative estimate of drug-likeness (QED) is 0.341. The number of amides is 1. The van der Waals surface area contributed by atoms with E-state index in [0.29, 0.717) is 6.61 Å². The van der Waals surface area contributed by atoms with Crippen LogP contribution in [0.15, 0.2) is 36.4 Å². The Morgan fingerprint density at radius 2 is 1.93 bits per heavy atom. The van der Waals surface area contributed by atoms with E-state index >= 15 is 0 Å². The molecule has 2 atom stereocenters. The predicted molar refractivity (Wildman–Crippen MR) is 115 cm³/mol. The molecule has 0 radical (unpaired) electrons. The largest absolute Gasteiger partial charge is 0.463 e. The van der Waals surface area contributed by atoms with E-state index in [-0.39, 0.29) is 24.0 Å². The second-order valence-corrected chi connectivity index (χ2v) is 13.3. The first kappa shape index (κ1) is 23.3. The number of ether oxygens (including phenoxy) is 2. The van der Waals surface area contributed by atoms with Gasteiger partial charge in [0.1, 0.15) is 6.23 Å². The normalized spacial score (nSPS) is 18.6. The summed E-state index contributed by atoms with van der Waals surface area (Å²) in [6.45, 7) is 12.6. The van der Waals surface area contributed by atoms with Crippen molar-refractivity contribution in [1.82, 2.24) is 4.90 Å². The maximum absolute atomic E-state index is 12.6. The highest BCUT2D eigenvalue weighted by molar-refractivity contribution is 6.74. The lowest BCUT2D eigenvalue weighted by atomic mass is 10.1. The SMILES string of the molecule is CCOC(=O)C(O[Si](C)(C)C(C)(C)C)N1C(=O)C[C@H]1OC/C=C/c1ccccc1. The van der Waals surface area contributed by atoms with Gasteiger partial charge in [-0.25, -0.2) is 4.79 Å². The van der Waals surface area contributed by atoms with Crippen molar-refractivity contribution in [1.29, 1.82) is 0 Å². The summed E-state index contributed by atoms with van der Waals surface area (Å²) in [6, 6.07) is 9.90. The van der Waals surface area contributed by atoms with Crippen LogP contribution in [-0.4, -0.2) is 50.8 Å². The van der Waals surface area contributed by atoms with Gasteiger partial charge >= 0.3 is 5.97 Å². The third kappa shape index (κ3) is 6.01. The van der Waals surface area contributed by atoms with Gasteiger partial charge in [0.15, 0.2) is 8.32 Å². The fourth-order valence-electron chi connectivity index (χ4n) is 2.63. The topological polar surface area (TPSA) is 65.1 Å². The Hall–Kier alpha value is -1.96. The van der Waals surface area contributed by atoms with Gasteiger partial charge in [-0.1, -0.05) is 63.3 Å². The van der Waals surface area contributed by atoms with Crippen molar-refractivity contribution in [3.8, 4) is 0 Å². The number of carbonyl (C=O) groups is 2. The lowest BCUT2D eigenvalue weighted by Gasteiger charge is -2.47. The summed E-state index contributed by atoms with van der Waals surface area (Å²) in [5, 5.41) is -0.111. The van der Waals surface area contributed by atoms with E-state index in [1.165, 1.54) is 4.90 Å². The zero-order chi connectivity index (χ0) is 21.7. The van der Waals surface area contributed by atoms with E-state index in [1.807, 2.05) is 55.6 Å². The molecule has 0 saturated carbocycles. The van der Waals surface area contributed by atoms with Crippen LogP contribution in [0.2, 0.25) is 18.1 Å². The first-order valence-corrected chi connectivity index (χ1v) is 13.0. The number of carbonyl (C=O) groups excluding carboxylic acids is 2. The molecule has 7 heteroatoms. The van der Waals surface area contributed by atoms with Gasteiger partial charge in [0, 0.05) is 0 Å². The standard InChI is InChI=1S/C22H33NO5Si/c1-7-26-21(25)20(28-29(5,6)22(2,3)4)23-18(24)16-19(23)27-15-11-14-17-12-9-8-10-13-17/h8-14,19-20H,7,15-16H2,1-6H3/b14-11+/t19-,20?/m1/s1. The average Bonchev–Trinajstić information content (AvgIpc) is 2.63. The highest BCUT2D eigenvalue weighted by atomic mass is 28.4. The summed E-state index contributed by atoms with van der Waals surface area (Å²) in [4.78, 5) is 26.3. The molecular weight excluding hydrogens is 386 g/mol. The van der Waals surface area contributed by atoms with E-state index in [9.17, 15) is 9.59 Å². The molecule has 1 unspecified atom stereocenters. The molecule has 0 bridgehead atoms. The zero-order valence-electron chi connectivity index (χ0n) is 18.3. The van der Waals surface area contributed by atoms with Gasteiger partial charge < -0.3 is 13.9 Å². The third-order valence-corrected chi connectivity index (χ3v) is 9.82. The van der Waals surface area contributed by atoms with Crippen LogP contribution >= 0.6 is 0 Å². The van der Waals surface area contributed by atoms with E-state index in [0.717, 1.165) is 5.56 Å². The molecule has 0 N–H and O–H groups in total. The van der Waals surface area contributed by atoms with Gasteiger partial charge in [0.2, 0.25) is 12.1 Å². The summed E-state index contributed by atoms with van der Waals surface area (Å²) >= 11 is 0. The molecule has 1 fully saturated rings. The van der Waals surface area contributed by atoms with Crippen molar-refractivity contribution in [2.75, 3.05) is 13.2 Å². The van der Waals surface area contributed by atoms with Crippen LogP contribution in [0, 0.1) is 0 Å². The van der Waals surface area contributed by atoms with Crippen molar-refractivity contribution in [3.05, 3.63) is 42.0 Å². The Bertz CT molecular complexity index is 726. The van der Waals surface area contributed by atoms with Crippen molar-refractivity contribution in [2.24, 2.45) is 0 Å². The van der Waals surface area contributed by atoms with E-state index < -0.39 is 26.7 Å². The van der Waals surface area contributed by atoms with E-state index in [2.05, 4.69) is 20.8 Å². The minimum absolute atomic E-state index is 0.111. The molecule has 1 aliphatic heterocycles. The Morgan fingerprint density at radius 1 is 1.28 bits per heavy atom. The average molecular weight is 420 g/mol. The third-order valence-electron chi connectivity index (χ3n) is 5.40. The molecule has 1 aliphatic rings. The molecule has 1 amide bonds. The maximum Gasteiger partial charge on any atom is 0.355 e. The minimum Gasteiger partial charge on any atom is -0.463 e. The summed E-state index contributed by atoms with van der Waals surface area (Å²) < 4.78 is 17.3. The predicted octanol–water partition coefficient (Wildman–Crippen LogP) is 4.19. The van der Waals surface area contributed by atoms with Crippen LogP contribution in [0.5, 0.6) is 0 Å². The molecule has 1 saturated heterocycles. The smallest absolute Gasteiger partial charge is 0.355 e. The molecule has 2 rings (SSSR count). The number of hydrogen-bond donors (Lipinski definition) is 0. The van der Waals surface area contributed by atoms with E-state index in [4.69, 9.17) is 13.9 Å². The van der Waals surface area contributed by atoms with Crippen LogP contribution in [0.3, 0.4) is 0 Å². The van der Waals surface area contributed by atoms with Gasteiger partial charge in [-0.15, -0.1) is 0 Å². The van der Waals surface area contributed by atoms with Gasteiger partial charge in [-0.3, -0.25) is 9.69 Å². The maximum atomic E-state index is 12.6. The molecule has 1 aromatic carbocycles. The van der Waals surface area contributed by atoms with Crippen molar-refractivity contribution in [3.63, 3.8) is 0 Å². The summed E-state index contributed by atoms with van der Waals surface area (Å²) in [5.74, 6) is -0.711. The number of esters is 1. The van der Waals surface area contributed by atoms with Crippen LogP contribution in [-0.2, 0) is 23.5 Å². The molecule has 1 heterocycles. The molecular formula is C22H33NO5Si. The van der Waals surface area contributed by atoms with Crippen LogP contribution < -0.4 is 0 Å². The molecule has 0 spiro atoms. The van der Waals surface area contributed by atoms with Crippen molar-refractivity contribution in [2.45, 2.75) is 64.7 Å². The first-order valence-electron chi connectivity index (χ1n) is 10.1. The lowest BCUT2D eigenvalue weighted by molar-refractivity contribution is -0.207. The summed E-state index contributed by atoms with van der Waals surface area (Å²) in [5.41, 5.74) is 1.07. The number of benzene rings is 1. The van der Waals surface area contributed by atoms with Gasteiger partial charge in [-0.2, -0.15) is 0 Å². The monoisotopic (exact) mass is 419 g/mol. The van der Waals surface area contributed by atoms with E-state index in [1.54, 1.807) is 6.92 Å². The summed E-state index contributed by atoms with van der Waals surface area (Å²) in [6.07, 6.45) is 2.52. The van der Waals surface area contributed by atoms with Gasteiger partial charge in [0.05, 0.1) is 19.6 Å². The van der Waals surface area contributed by atoms with Crippen LogP contribution in [0.25, 0.3) is 6.08 Å².